The average Bonchev–Trinajstić information content (AvgIpc) is 3.51. The minimum absolute atomic E-state index is 0.0180. The number of nitrogens with one attached hydrogen (secondary N) is 1. The first-order valence-electron chi connectivity index (χ1n) is 12.0. The van der Waals surface area contributed by atoms with Crippen LogP contribution in [-0.2, 0) is 17.9 Å². The van der Waals surface area contributed by atoms with E-state index in [0.29, 0.717) is 29.1 Å². The molecule has 2 heterocycles. The number of anilines is 1. The van der Waals surface area contributed by atoms with E-state index >= 15 is 0 Å². The number of carbonyl (C=O) groups excluding carboxylic acids is 1. The van der Waals surface area contributed by atoms with Gasteiger partial charge in [-0.15, -0.1) is 0 Å². The number of pyridine rings is 1. The van der Waals surface area contributed by atoms with Crippen LogP contribution in [0, 0.1) is 11.6 Å². The van der Waals surface area contributed by atoms with Crippen LogP contribution in [0.3, 0.4) is 0 Å². The minimum atomic E-state index is -0.655. The van der Waals surface area contributed by atoms with Gasteiger partial charge in [-0.3, -0.25) is 0 Å². The molecule has 0 bridgehead atoms. The van der Waals surface area contributed by atoms with Crippen LogP contribution in [0.2, 0.25) is 0 Å². The fraction of sp³-hybridized carbons (Fsp3) is 0.138. The third kappa shape index (κ3) is 5.49. The molecule has 198 valence electrons. The van der Waals surface area contributed by atoms with Gasteiger partial charge in [0.1, 0.15) is 29.5 Å². The molecule has 1 N–H and O–H groups in total. The number of nitrogens with zero attached hydrogens (tertiary/aromatic N) is 3. The molecule has 39 heavy (non-hydrogen) atoms. The van der Waals surface area contributed by atoms with E-state index < -0.39 is 17.6 Å². The number of rotatable bonds is 9. The van der Waals surface area contributed by atoms with Crippen molar-refractivity contribution in [2.75, 3.05) is 19.5 Å². The molecule has 5 rings (SSSR count). The van der Waals surface area contributed by atoms with E-state index in [9.17, 15) is 13.6 Å². The summed E-state index contributed by atoms with van der Waals surface area (Å²) in [6.45, 7) is 0.313. The minimum Gasteiger partial charge on any atom is -0.497 e. The predicted octanol–water partition coefficient (Wildman–Crippen LogP) is 5.69. The molecule has 0 fully saturated rings. The lowest BCUT2D eigenvalue weighted by Gasteiger charge is -2.16. The number of ether oxygens (including phenoxy) is 3. The van der Waals surface area contributed by atoms with Crippen molar-refractivity contribution >= 4 is 22.7 Å². The van der Waals surface area contributed by atoms with E-state index in [0.717, 1.165) is 17.7 Å². The van der Waals surface area contributed by atoms with Gasteiger partial charge in [-0.25, -0.2) is 23.2 Å². The first kappa shape index (κ1) is 25.7. The summed E-state index contributed by atoms with van der Waals surface area (Å²) < 4.78 is 47.0. The summed E-state index contributed by atoms with van der Waals surface area (Å²) in [5.41, 5.74) is 2.41. The Labute approximate surface area is 222 Å². The molecular formula is C29H24F2N4O4. The van der Waals surface area contributed by atoms with E-state index in [1.165, 1.54) is 13.2 Å². The number of methoxy groups -OCH3 is 2. The smallest absolute Gasteiger partial charge is 0.337 e. The summed E-state index contributed by atoms with van der Waals surface area (Å²) in [7, 11) is 2.89. The van der Waals surface area contributed by atoms with Crippen molar-refractivity contribution in [3.05, 3.63) is 107 Å². The maximum Gasteiger partial charge on any atom is 0.337 e. The fourth-order valence-corrected chi connectivity index (χ4v) is 4.08. The topological polar surface area (TPSA) is 87.5 Å². The van der Waals surface area contributed by atoms with E-state index in [1.807, 2.05) is 24.3 Å². The average molecular weight is 531 g/mol. The lowest BCUT2D eigenvalue weighted by atomic mass is 10.1. The summed E-state index contributed by atoms with van der Waals surface area (Å²) >= 11 is 0. The van der Waals surface area contributed by atoms with Gasteiger partial charge in [0.05, 0.1) is 25.5 Å². The zero-order valence-corrected chi connectivity index (χ0v) is 21.2. The molecule has 0 aliphatic rings. The Morgan fingerprint density at radius 1 is 1.00 bits per heavy atom. The Kier molecular flexibility index (Phi) is 7.35. The third-order valence-corrected chi connectivity index (χ3v) is 6.10. The van der Waals surface area contributed by atoms with Crippen LogP contribution in [0.5, 0.6) is 11.5 Å². The van der Waals surface area contributed by atoms with E-state index in [4.69, 9.17) is 14.2 Å². The highest BCUT2D eigenvalue weighted by Gasteiger charge is 2.17. The molecule has 0 aliphatic heterocycles. The SMILES string of the molecule is COC(=O)c1ccc(-n2cccn2)c(COc2cc3c(F)ccc(F)c3nc2NCc2ccc(OC)cc2)c1. The monoisotopic (exact) mass is 530 g/mol. The molecular weight excluding hydrogens is 506 g/mol. The van der Waals surface area contributed by atoms with Gasteiger partial charge in [0, 0.05) is 29.9 Å². The quantitative estimate of drug-likeness (QED) is 0.245. The molecule has 0 radical (unpaired) electrons. The zero-order valence-electron chi connectivity index (χ0n) is 21.2. The normalized spacial score (nSPS) is 10.9. The van der Waals surface area contributed by atoms with Gasteiger partial charge in [-0.1, -0.05) is 12.1 Å². The standard InChI is InChI=1S/C29H24F2N4O4/c1-37-21-7-4-18(5-8-21)16-32-28-26(15-22-23(30)9-10-24(31)27(22)34-28)39-17-20-14-19(29(36)38-2)6-11-25(20)35-13-3-12-33-35/h3-15H,16-17H2,1-2H3,(H,32,34). The summed E-state index contributed by atoms with van der Waals surface area (Å²) in [4.78, 5) is 16.5. The molecule has 5 aromatic rings. The van der Waals surface area contributed by atoms with Crippen molar-refractivity contribution in [2.24, 2.45) is 0 Å². The van der Waals surface area contributed by atoms with Gasteiger partial charge in [-0.2, -0.15) is 5.10 Å². The number of carbonyl (C=O) groups is 1. The van der Waals surface area contributed by atoms with Crippen LogP contribution in [0.15, 0.2) is 79.1 Å². The molecule has 0 amide bonds. The Bertz CT molecular complexity index is 1620. The summed E-state index contributed by atoms with van der Waals surface area (Å²) in [5, 5.41) is 7.42. The number of aromatic nitrogens is 3. The molecule has 0 unspecified atom stereocenters. The predicted molar refractivity (Wildman–Crippen MR) is 141 cm³/mol. The summed E-state index contributed by atoms with van der Waals surface area (Å²) in [5.74, 6) is -0.642. The molecule has 10 heteroatoms. The molecule has 0 aliphatic carbocycles. The maximum absolute atomic E-state index is 14.6. The van der Waals surface area contributed by atoms with E-state index in [2.05, 4.69) is 15.4 Å². The van der Waals surface area contributed by atoms with Crippen molar-refractivity contribution in [3.8, 4) is 17.2 Å². The highest BCUT2D eigenvalue weighted by molar-refractivity contribution is 5.90. The van der Waals surface area contributed by atoms with Gasteiger partial charge in [0.2, 0.25) is 0 Å². The second-order valence-corrected chi connectivity index (χ2v) is 8.54. The Morgan fingerprint density at radius 2 is 1.79 bits per heavy atom. The van der Waals surface area contributed by atoms with Gasteiger partial charge >= 0.3 is 5.97 Å². The molecule has 2 aromatic heterocycles. The third-order valence-electron chi connectivity index (χ3n) is 6.10. The number of benzene rings is 3. The lowest BCUT2D eigenvalue weighted by Crippen LogP contribution is -2.10. The number of hydrogen-bond acceptors (Lipinski definition) is 7. The second-order valence-electron chi connectivity index (χ2n) is 8.54. The molecule has 0 saturated heterocycles. The van der Waals surface area contributed by atoms with Crippen LogP contribution in [-0.4, -0.2) is 35.0 Å². The molecule has 3 aromatic carbocycles. The summed E-state index contributed by atoms with van der Waals surface area (Å²) in [6, 6.07) is 17.7. The van der Waals surface area contributed by atoms with Crippen LogP contribution < -0.4 is 14.8 Å². The first-order chi connectivity index (χ1) is 19.0. The second kappa shape index (κ2) is 11.2. The largest absolute Gasteiger partial charge is 0.497 e. The van der Waals surface area contributed by atoms with Crippen molar-refractivity contribution in [1.29, 1.82) is 0 Å². The van der Waals surface area contributed by atoms with Crippen LogP contribution in [0.1, 0.15) is 21.5 Å². The molecule has 0 spiro atoms. The van der Waals surface area contributed by atoms with Crippen LogP contribution >= 0.6 is 0 Å². The van der Waals surface area contributed by atoms with Gasteiger partial charge in [-0.05, 0) is 60.2 Å². The van der Waals surface area contributed by atoms with Crippen molar-refractivity contribution in [2.45, 2.75) is 13.2 Å². The fourth-order valence-electron chi connectivity index (χ4n) is 4.08. The van der Waals surface area contributed by atoms with Crippen LogP contribution in [0.4, 0.5) is 14.6 Å². The number of halogens is 2. The Morgan fingerprint density at radius 3 is 2.51 bits per heavy atom. The molecule has 8 nitrogen and oxygen atoms in total. The van der Waals surface area contributed by atoms with Gasteiger partial charge in [0.15, 0.2) is 11.6 Å². The molecule has 0 saturated carbocycles. The van der Waals surface area contributed by atoms with E-state index in [-0.39, 0.29) is 29.1 Å². The van der Waals surface area contributed by atoms with E-state index in [1.54, 1.807) is 48.5 Å². The highest BCUT2D eigenvalue weighted by atomic mass is 19.1. The van der Waals surface area contributed by atoms with Crippen LogP contribution in [0.25, 0.3) is 16.6 Å². The Hall–Kier alpha value is -4.99. The Balaban J connectivity index is 1.50. The van der Waals surface area contributed by atoms with Gasteiger partial charge < -0.3 is 19.5 Å². The molecule has 0 atom stereocenters. The first-order valence-corrected chi connectivity index (χ1v) is 12.0. The van der Waals surface area contributed by atoms with Crippen molar-refractivity contribution in [3.63, 3.8) is 0 Å². The highest BCUT2D eigenvalue weighted by Crippen LogP contribution is 2.32. The number of fused-ring (bicyclic) bond motifs is 1. The number of hydrogen-bond donors (Lipinski definition) is 1. The zero-order chi connectivity index (χ0) is 27.4. The van der Waals surface area contributed by atoms with Crippen molar-refractivity contribution in [1.82, 2.24) is 14.8 Å². The maximum atomic E-state index is 14.6. The summed E-state index contributed by atoms with van der Waals surface area (Å²) in [6.07, 6.45) is 3.39. The van der Waals surface area contributed by atoms with Crippen molar-refractivity contribution < 1.29 is 27.8 Å². The van der Waals surface area contributed by atoms with Gasteiger partial charge in [0.25, 0.3) is 0 Å². The lowest BCUT2D eigenvalue weighted by molar-refractivity contribution is 0.0600. The number of esters is 1.